The van der Waals surface area contributed by atoms with Crippen molar-refractivity contribution in [3.63, 3.8) is 0 Å². The minimum Gasteiger partial charge on any atom is -0.451 e. The van der Waals surface area contributed by atoms with E-state index in [0.717, 1.165) is 31.2 Å². The Kier molecular flexibility index (Phi) is 6.69. The van der Waals surface area contributed by atoms with E-state index >= 15 is 0 Å². The molecule has 0 spiro atoms. The minimum absolute atomic E-state index is 0.140. The number of hydrogen-bond acceptors (Lipinski definition) is 4. The van der Waals surface area contributed by atoms with Gasteiger partial charge in [-0.05, 0) is 55.2 Å². The van der Waals surface area contributed by atoms with Crippen LogP contribution in [0.2, 0.25) is 0 Å². The molecule has 3 rings (SSSR count). The minimum atomic E-state index is -0.557. The molecule has 1 atom stereocenters. The van der Waals surface area contributed by atoms with Crippen LogP contribution in [-0.4, -0.2) is 30.8 Å². The Morgan fingerprint density at radius 3 is 2.31 bits per heavy atom. The number of likely N-dealkylation sites (N-methyl/N-ethyl adjacent to an activating group) is 1. The Bertz CT molecular complexity index is 866. The third-order valence-corrected chi connectivity index (χ3v) is 5.26. The van der Waals surface area contributed by atoms with Crippen molar-refractivity contribution in [2.75, 3.05) is 12.4 Å². The van der Waals surface area contributed by atoms with E-state index in [1.165, 1.54) is 13.3 Å². The molecule has 29 heavy (non-hydrogen) atoms. The van der Waals surface area contributed by atoms with Gasteiger partial charge in [0.1, 0.15) is 11.8 Å². The number of carbonyl (C=O) groups excluding carboxylic acids is 3. The van der Waals surface area contributed by atoms with Gasteiger partial charge >= 0.3 is 0 Å². The zero-order chi connectivity index (χ0) is 20.8. The maximum atomic E-state index is 12.7. The van der Waals surface area contributed by atoms with Crippen LogP contribution in [0.3, 0.4) is 0 Å². The lowest BCUT2D eigenvalue weighted by Gasteiger charge is -2.29. The Labute approximate surface area is 170 Å². The van der Waals surface area contributed by atoms with Crippen LogP contribution in [0, 0.1) is 5.92 Å². The third-order valence-electron chi connectivity index (χ3n) is 5.26. The van der Waals surface area contributed by atoms with Gasteiger partial charge in [0, 0.05) is 25.2 Å². The van der Waals surface area contributed by atoms with Gasteiger partial charge in [-0.1, -0.05) is 19.3 Å². The standard InChI is InChI=1S/C22H27N3O4/c1-14(26)24-17-10-8-15(9-11-17)18-12-13-19(29-18)21(27)25-20(22(28)23-2)16-6-4-3-5-7-16/h8-13,16,20H,3-7H2,1-2H3,(H,23,28)(H,24,26)(H,25,27). The summed E-state index contributed by atoms with van der Waals surface area (Å²) >= 11 is 0. The monoisotopic (exact) mass is 397 g/mol. The predicted octanol–water partition coefficient (Wildman–Crippen LogP) is 3.33. The second-order valence-corrected chi connectivity index (χ2v) is 7.39. The molecule has 0 saturated heterocycles. The summed E-state index contributed by atoms with van der Waals surface area (Å²) in [5.41, 5.74) is 1.47. The molecule has 0 bridgehead atoms. The van der Waals surface area contributed by atoms with Crippen LogP contribution in [0.15, 0.2) is 40.8 Å². The zero-order valence-electron chi connectivity index (χ0n) is 16.8. The molecule has 0 aliphatic heterocycles. The summed E-state index contributed by atoms with van der Waals surface area (Å²) < 4.78 is 5.72. The molecule has 1 aliphatic rings. The average Bonchev–Trinajstić information content (AvgIpc) is 3.22. The second kappa shape index (κ2) is 9.41. The summed E-state index contributed by atoms with van der Waals surface area (Å²) in [6.07, 6.45) is 5.19. The van der Waals surface area contributed by atoms with Crippen LogP contribution in [0.5, 0.6) is 0 Å². The lowest BCUT2D eigenvalue weighted by Crippen LogP contribution is -2.50. The number of benzene rings is 1. The largest absolute Gasteiger partial charge is 0.451 e. The average molecular weight is 397 g/mol. The first-order valence-electron chi connectivity index (χ1n) is 9.98. The second-order valence-electron chi connectivity index (χ2n) is 7.39. The fraction of sp³-hybridized carbons (Fsp3) is 0.409. The molecule has 1 saturated carbocycles. The molecule has 1 aromatic heterocycles. The normalized spacial score (nSPS) is 15.4. The van der Waals surface area contributed by atoms with Gasteiger partial charge in [-0.25, -0.2) is 0 Å². The lowest BCUT2D eigenvalue weighted by molar-refractivity contribution is -0.124. The molecule has 1 heterocycles. The van der Waals surface area contributed by atoms with E-state index < -0.39 is 11.9 Å². The van der Waals surface area contributed by atoms with E-state index in [1.54, 1.807) is 43.4 Å². The molecule has 2 aromatic rings. The molecule has 7 heteroatoms. The van der Waals surface area contributed by atoms with Gasteiger partial charge in [-0.2, -0.15) is 0 Å². The van der Waals surface area contributed by atoms with Crippen LogP contribution in [0.4, 0.5) is 5.69 Å². The van der Waals surface area contributed by atoms with E-state index in [1.807, 2.05) is 0 Å². The summed E-state index contributed by atoms with van der Waals surface area (Å²) in [5, 5.41) is 8.22. The number of rotatable bonds is 6. The predicted molar refractivity (Wildman–Crippen MR) is 110 cm³/mol. The maximum absolute atomic E-state index is 12.7. The van der Waals surface area contributed by atoms with Crippen molar-refractivity contribution < 1.29 is 18.8 Å². The smallest absolute Gasteiger partial charge is 0.287 e. The molecule has 1 aromatic carbocycles. The van der Waals surface area contributed by atoms with E-state index in [0.29, 0.717) is 11.4 Å². The Morgan fingerprint density at radius 2 is 1.69 bits per heavy atom. The topological polar surface area (TPSA) is 100 Å². The molecule has 154 valence electrons. The molecular formula is C22H27N3O4. The summed E-state index contributed by atoms with van der Waals surface area (Å²) in [6, 6.07) is 9.92. The van der Waals surface area contributed by atoms with Crippen molar-refractivity contribution >= 4 is 23.4 Å². The number of carbonyl (C=O) groups is 3. The first-order chi connectivity index (χ1) is 14.0. The highest BCUT2D eigenvalue weighted by Crippen LogP contribution is 2.28. The van der Waals surface area contributed by atoms with Crippen LogP contribution >= 0.6 is 0 Å². The van der Waals surface area contributed by atoms with Crippen LogP contribution in [0.1, 0.15) is 49.6 Å². The van der Waals surface area contributed by atoms with Crippen molar-refractivity contribution in [3.05, 3.63) is 42.2 Å². The van der Waals surface area contributed by atoms with Crippen LogP contribution < -0.4 is 16.0 Å². The fourth-order valence-electron chi connectivity index (χ4n) is 3.77. The molecule has 1 fully saturated rings. The van der Waals surface area contributed by atoms with Crippen molar-refractivity contribution in [1.82, 2.24) is 10.6 Å². The Morgan fingerprint density at radius 1 is 1.00 bits per heavy atom. The van der Waals surface area contributed by atoms with E-state index in [-0.39, 0.29) is 23.5 Å². The number of nitrogens with one attached hydrogen (secondary N) is 3. The van der Waals surface area contributed by atoms with Gasteiger partial charge in [0.25, 0.3) is 5.91 Å². The summed E-state index contributed by atoms with van der Waals surface area (Å²) in [7, 11) is 1.58. The molecule has 1 unspecified atom stereocenters. The molecule has 7 nitrogen and oxygen atoms in total. The highest BCUT2D eigenvalue weighted by atomic mass is 16.4. The molecule has 1 aliphatic carbocycles. The van der Waals surface area contributed by atoms with Crippen LogP contribution in [0.25, 0.3) is 11.3 Å². The molecule has 3 amide bonds. The van der Waals surface area contributed by atoms with E-state index in [9.17, 15) is 14.4 Å². The lowest BCUT2D eigenvalue weighted by atomic mass is 9.83. The van der Waals surface area contributed by atoms with Crippen molar-refractivity contribution in [2.24, 2.45) is 5.92 Å². The molecular weight excluding hydrogens is 370 g/mol. The maximum Gasteiger partial charge on any atom is 0.287 e. The van der Waals surface area contributed by atoms with E-state index in [4.69, 9.17) is 4.42 Å². The fourth-order valence-corrected chi connectivity index (χ4v) is 3.77. The number of hydrogen-bond donors (Lipinski definition) is 3. The zero-order valence-corrected chi connectivity index (χ0v) is 16.8. The van der Waals surface area contributed by atoms with Crippen LogP contribution in [-0.2, 0) is 9.59 Å². The molecule has 3 N–H and O–H groups in total. The summed E-state index contributed by atoms with van der Waals surface area (Å²) in [4.78, 5) is 36.1. The first-order valence-corrected chi connectivity index (χ1v) is 9.98. The van der Waals surface area contributed by atoms with Crippen molar-refractivity contribution in [3.8, 4) is 11.3 Å². The van der Waals surface area contributed by atoms with Gasteiger partial charge in [-0.15, -0.1) is 0 Å². The SMILES string of the molecule is CNC(=O)C(NC(=O)c1ccc(-c2ccc(NC(C)=O)cc2)o1)C1CCCCC1. The van der Waals surface area contributed by atoms with Gasteiger partial charge in [-0.3, -0.25) is 14.4 Å². The highest BCUT2D eigenvalue weighted by molar-refractivity contribution is 5.96. The highest BCUT2D eigenvalue weighted by Gasteiger charge is 2.31. The Hall–Kier alpha value is -3.09. The summed E-state index contributed by atoms with van der Waals surface area (Å²) in [6.45, 7) is 1.45. The van der Waals surface area contributed by atoms with Gasteiger partial charge in [0.2, 0.25) is 11.8 Å². The van der Waals surface area contributed by atoms with Gasteiger partial charge in [0.15, 0.2) is 5.76 Å². The number of furan rings is 1. The van der Waals surface area contributed by atoms with Gasteiger partial charge < -0.3 is 20.4 Å². The van der Waals surface area contributed by atoms with Gasteiger partial charge in [0.05, 0.1) is 0 Å². The van der Waals surface area contributed by atoms with Crippen molar-refractivity contribution in [1.29, 1.82) is 0 Å². The summed E-state index contributed by atoms with van der Waals surface area (Å²) in [5.74, 6) is 0.131. The molecule has 0 radical (unpaired) electrons. The number of anilines is 1. The Balaban J connectivity index is 1.70. The first kappa shape index (κ1) is 20.6. The van der Waals surface area contributed by atoms with Crippen molar-refractivity contribution in [2.45, 2.75) is 45.1 Å². The van der Waals surface area contributed by atoms with E-state index in [2.05, 4.69) is 16.0 Å². The number of amides is 3. The quantitative estimate of drug-likeness (QED) is 0.696. The third kappa shape index (κ3) is 5.25.